The first-order chi connectivity index (χ1) is 6.29. The van der Waals surface area contributed by atoms with E-state index in [1.54, 1.807) is 11.3 Å². The van der Waals surface area contributed by atoms with Gasteiger partial charge in [0.2, 0.25) is 0 Å². The van der Waals surface area contributed by atoms with Crippen molar-refractivity contribution in [3.8, 4) is 0 Å². The van der Waals surface area contributed by atoms with Gasteiger partial charge in [0, 0.05) is 30.8 Å². The highest BCUT2D eigenvalue weighted by Gasteiger charge is 2.14. The van der Waals surface area contributed by atoms with Gasteiger partial charge in [-0.25, -0.2) is 4.98 Å². The van der Waals surface area contributed by atoms with E-state index < -0.39 is 0 Å². The van der Waals surface area contributed by atoms with Crippen LogP contribution in [0.3, 0.4) is 0 Å². The predicted molar refractivity (Wildman–Crippen MR) is 70.2 cm³/mol. The molecule has 1 aliphatic rings. The molecule has 15 heavy (non-hydrogen) atoms. The van der Waals surface area contributed by atoms with Gasteiger partial charge in [-0.3, -0.25) is 0 Å². The fourth-order valence-corrected chi connectivity index (χ4v) is 2.45. The smallest absolute Gasteiger partial charge is 0.180 e. The van der Waals surface area contributed by atoms with Crippen LogP contribution in [0.25, 0.3) is 0 Å². The number of halogens is 2. The molecule has 86 valence electrons. The van der Waals surface area contributed by atoms with Gasteiger partial charge in [-0.2, -0.15) is 0 Å². The van der Waals surface area contributed by atoms with E-state index in [-0.39, 0.29) is 24.8 Å². The zero-order valence-corrected chi connectivity index (χ0v) is 10.8. The monoisotopic (exact) mass is 267 g/mol. The molecule has 0 saturated carbocycles. The molecule has 0 atom stereocenters. The third-order valence-corrected chi connectivity index (χ3v) is 3.30. The average Bonchev–Trinajstić information content (AvgIpc) is 2.37. The summed E-state index contributed by atoms with van der Waals surface area (Å²) in [5.74, 6) is 0. The molecule has 0 unspecified atom stereocenters. The van der Waals surface area contributed by atoms with Crippen molar-refractivity contribution in [1.29, 1.82) is 0 Å². The summed E-state index contributed by atoms with van der Waals surface area (Å²) in [5, 5.41) is 0.706. The van der Waals surface area contributed by atoms with Crippen LogP contribution in [0.2, 0.25) is 0 Å². The number of nitrogens with zero attached hydrogens (tertiary/aromatic N) is 2. The molecule has 0 spiro atoms. The van der Waals surface area contributed by atoms with Gasteiger partial charge in [0.15, 0.2) is 5.13 Å². The average molecular weight is 268 g/mol. The van der Waals surface area contributed by atoms with Gasteiger partial charge >= 0.3 is 0 Å². The molecule has 0 bridgehead atoms. The Morgan fingerprint density at radius 2 is 2.00 bits per heavy atom. The summed E-state index contributed by atoms with van der Waals surface area (Å²) in [4.78, 5) is 7.89. The van der Waals surface area contributed by atoms with Gasteiger partial charge < -0.3 is 10.6 Å². The molecule has 0 radical (unpaired) electrons. The largest absolute Gasteiger partial charge is 0.377 e. The van der Waals surface area contributed by atoms with Crippen molar-refractivity contribution >= 4 is 41.3 Å². The van der Waals surface area contributed by atoms with Crippen LogP contribution in [0.1, 0.15) is 10.6 Å². The second kappa shape index (κ2) is 6.20. The number of nitrogens with two attached hydrogens (primary N) is 1. The topological polar surface area (TPSA) is 42.2 Å². The van der Waals surface area contributed by atoms with Crippen molar-refractivity contribution in [3.05, 3.63) is 23.3 Å². The number of thiazole rings is 1. The molecule has 2 heterocycles. The molecule has 0 aliphatic carbocycles. The second-order valence-electron chi connectivity index (χ2n) is 3.14. The van der Waals surface area contributed by atoms with E-state index in [4.69, 9.17) is 5.73 Å². The van der Waals surface area contributed by atoms with Crippen LogP contribution in [0.5, 0.6) is 0 Å². The summed E-state index contributed by atoms with van der Waals surface area (Å²) in [5.41, 5.74) is 6.84. The Hall–Kier alpha value is -0.450. The lowest BCUT2D eigenvalue weighted by molar-refractivity contribution is 0.396. The van der Waals surface area contributed by atoms with Crippen molar-refractivity contribution in [3.63, 3.8) is 0 Å². The Morgan fingerprint density at radius 1 is 1.33 bits per heavy atom. The summed E-state index contributed by atoms with van der Waals surface area (Å²) in [6.45, 7) is 5.83. The lowest BCUT2D eigenvalue weighted by Crippen LogP contribution is -2.19. The first kappa shape index (κ1) is 14.5. The van der Waals surface area contributed by atoms with Crippen LogP contribution in [0.15, 0.2) is 12.8 Å². The fraction of sp³-hybridized carbons (Fsp3) is 0.444. The molecule has 0 amide bonds. The number of hydrogen-bond donors (Lipinski definition) is 1. The van der Waals surface area contributed by atoms with E-state index in [0.29, 0.717) is 5.13 Å². The van der Waals surface area contributed by atoms with E-state index in [1.807, 2.05) is 6.20 Å². The first-order valence-corrected chi connectivity index (χ1v) is 5.22. The summed E-state index contributed by atoms with van der Waals surface area (Å²) in [7, 11) is 0. The minimum atomic E-state index is 0. The Bertz CT molecular complexity index is 302. The minimum Gasteiger partial charge on any atom is -0.377 e. The fourth-order valence-electron chi connectivity index (χ4n) is 1.58. The van der Waals surface area contributed by atoms with Crippen molar-refractivity contribution in [2.24, 2.45) is 0 Å². The quantitative estimate of drug-likeness (QED) is 0.848. The third-order valence-electron chi connectivity index (χ3n) is 2.31. The van der Waals surface area contributed by atoms with Crippen LogP contribution in [0.4, 0.5) is 5.13 Å². The molecule has 1 aliphatic heterocycles. The van der Waals surface area contributed by atoms with E-state index in [2.05, 4.69) is 16.5 Å². The van der Waals surface area contributed by atoms with Gasteiger partial charge in [0.1, 0.15) is 0 Å². The van der Waals surface area contributed by atoms with Crippen molar-refractivity contribution in [2.75, 3.05) is 18.8 Å². The Kier molecular flexibility index (Phi) is 6.02. The zero-order valence-electron chi connectivity index (χ0n) is 8.31. The van der Waals surface area contributed by atoms with Gasteiger partial charge in [0.25, 0.3) is 0 Å². The van der Waals surface area contributed by atoms with E-state index in [0.717, 1.165) is 25.9 Å². The first-order valence-electron chi connectivity index (χ1n) is 4.40. The summed E-state index contributed by atoms with van der Waals surface area (Å²) in [6, 6.07) is 0. The maximum atomic E-state index is 5.65. The van der Waals surface area contributed by atoms with Crippen LogP contribution < -0.4 is 5.73 Å². The van der Waals surface area contributed by atoms with E-state index in [9.17, 15) is 0 Å². The lowest BCUT2D eigenvalue weighted by Gasteiger charge is -2.15. The Labute approximate surface area is 106 Å². The molecule has 3 nitrogen and oxygen atoms in total. The zero-order chi connectivity index (χ0) is 9.26. The highest BCUT2D eigenvalue weighted by molar-refractivity contribution is 7.15. The predicted octanol–water partition coefficient (Wildman–Crippen LogP) is 2.11. The van der Waals surface area contributed by atoms with Gasteiger partial charge in [-0.05, 0) is 6.20 Å². The second-order valence-corrected chi connectivity index (χ2v) is 4.26. The summed E-state index contributed by atoms with van der Waals surface area (Å²) < 4.78 is 0. The van der Waals surface area contributed by atoms with Crippen LogP contribution in [0, 0.1) is 0 Å². The van der Waals surface area contributed by atoms with Crippen LogP contribution in [-0.4, -0.2) is 23.0 Å². The normalized spacial score (nSPS) is 14.3. The molecule has 2 rings (SSSR count). The van der Waals surface area contributed by atoms with Gasteiger partial charge in [-0.1, -0.05) is 6.58 Å². The molecule has 0 aromatic carbocycles. The number of fused-ring (bicyclic) bond motifs is 1. The van der Waals surface area contributed by atoms with Crippen molar-refractivity contribution < 1.29 is 0 Å². The molecular weight excluding hydrogens is 253 g/mol. The van der Waals surface area contributed by atoms with Crippen LogP contribution >= 0.6 is 36.2 Å². The number of anilines is 1. The highest BCUT2D eigenvalue weighted by atomic mass is 35.5. The van der Waals surface area contributed by atoms with E-state index >= 15 is 0 Å². The van der Waals surface area contributed by atoms with Crippen molar-refractivity contribution in [1.82, 2.24) is 9.88 Å². The molecular formula is C9H15Cl2N3S. The molecule has 0 saturated heterocycles. The highest BCUT2D eigenvalue weighted by Crippen LogP contribution is 2.23. The van der Waals surface area contributed by atoms with Gasteiger partial charge in [0.05, 0.1) is 5.69 Å². The maximum absolute atomic E-state index is 5.65. The Balaban J connectivity index is 0.000000980. The SMILES string of the molecule is C=CN1CCc2nc(N)sc2CC1.Cl.Cl. The molecule has 0 fully saturated rings. The van der Waals surface area contributed by atoms with Crippen molar-refractivity contribution in [2.45, 2.75) is 12.8 Å². The maximum Gasteiger partial charge on any atom is 0.180 e. The third kappa shape index (κ3) is 3.26. The standard InChI is InChI=1S/C9H13N3S.2ClH/c1-2-12-5-3-7-8(4-6-12)13-9(10)11-7;;/h2H,1,3-6H2,(H2,10,11);2*1H. The lowest BCUT2D eigenvalue weighted by atomic mass is 10.2. The number of hydrogen-bond acceptors (Lipinski definition) is 4. The number of nitrogen functional groups attached to an aromatic ring is 1. The Morgan fingerprint density at radius 3 is 2.67 bits per heavy atom. The minimum absolute atomic E-state index is 0. The molecule has 6 heteroatoms. The number of aromatic nitrogens is 1. The summed E-state index contributed by atoms with van der Waals surface area (Å²) in [6.07, 6.45) is 3.95. The molecule has 1 aromatic heterocycles. The summed E-state index contributed by atoms with van der Waals surface area (Å²) >= 11 is 1.62. The molecule has 1 aromatic rings. The van der Waals surface area contributed by atoms with E-state index in [1.165, 1.54) is 10.6 Å². The van der Waals surface area contributed by atoms with Crippen LogP contribution in [-0.2, 0) is 12.8 Å². The molecule has 2 N–H and O–H groups in total. The van der Waals surface area contributed by atoms with Gasteiger partial charge in [-0.15, -0.1) is 36.2 Å². The number of rotatable bonds is 1.